The number of nitrogens with one attached hydrogen (secondary N) is 1. The predicted molar refractivity (Wildman–Crippen MR) is 97.9 cm³/mol. The number of benzene rings is 2. The van der Waals surface area contributed by atoms with Crippen molar-refractivity contribution in [2.75, 3.05) is 16.3 Å². The van der Waals surface area contributed by atoms with E-state index in [-0.39, 0.29) is 5.92 Å². The molecule has 0 aliphatic heterocycles. The van der Waals surface area contributed by atoms with Crippen LogP contribution in [-0.4, -0.2) is 20.0 Å². The summed E-state index contributed by atoms with van der Waals surface area (Å²) in [4.78, 5) is 0. The van der Waals surface area contributed by atoms with Crippen molar-refractivity contribution in [2.45, 2.75) is 19.4 Å². The van der Waals surface area contributed by atoms with Gasteiger partial charge in [-0.3, -0.25) is 4.72 Å². The SMILES string of the molecule is C[C@@H](CBr)c1ccc(OCc2ccccc2)c(NS(C)(=O)=O)c1. The van der Waals surface area contributed by atoms with Crippen LogP contribution in [0.4, 0.5) is 5.69 Å². The first-order valence-corrected chi connectivity index (χ1v) is 10.2. The van der Waals surface area contributed by atoms with Crippen molar-refractivity contribution < 1.29 is 13.2 Å². The van der Waals surface area contributed by atoms with E-state index in [2.05, 4.69) is 27.6 Å². The molecule has 0 bridgehead atoms. The Balaban J connectivity index is 2.26. The average molecular weight is 398 g/mol. The monoisotopic (exact) mass is 397 g/mol. The molecule has 23 heavy (non-hydrogen) atoms. The van der Waals surface area contributed by atoms with Gasteiger partial charge in [-0.1, -0.05) is 59.3 Å². The number of rotatable bonds is 7. The lowest BCUT2D eigenvalue weighted by Gasteiger charge is -2.16. The third kappa shape index (κ3) is 5.55. The maximum absolute atomic E-state index is 11.6. The number of alkyl halides is 1. The van der Waals surface area contributed by atoms with E-state index in [1.54, 1.807) is 0 Å². The third-order valence-electron chi connectivity index (χ3n) is 3.34. The van der Waals surface area contributed by atoms with Crippen LogP contribution in [0, 0.1) is 0 Å². The minimum Gasteiger partial charge on any atom is -0.487 e. The lowest BCUT2D eigenvalue weighted by Crippen LogP contribution is -2.11. The van der Waals surface area contributed by atoms with Crippen LogP contribution in [0.1, 0.15) is 24.0 Å². The first-order chi connectivity index (χ1) is 10.9. The molecule has 0 aliphatic carbocycles. The second-order valence-electron chi connectivity index (χ2n) is 5.46. The molecule has 1 N–H and O–H groups in total. The van der Waals surface area contributed by atoms with Crippen LogP contribution in [0.3, 0.4) is 0 Å². The molecule has 0 amide bonds. The maximum atomic E-state index is 11.6. The van der Waals surface area contributed by atoms with Gasteiger partial charge in [-0.25, -0.2) is 8.42 Å². The van der Waals surface area contributed by atoms with Gasteiger partial charge in [-0.15, -0.1) is 0 Å². The number of sulfonamides is 1. The number of halogens is 1. The van der Waals surface area contributed by atoms with Crippen LogP contribution in [-0.2, 0) is 16.6 Å². The molecule has 0 heterocycles. The van der Waals surface area contributed by atoms with Crippen molar-refractivity contribution in [1.29, 1.82) is 0 Å². The fourth-order valence-corrected chi connectivity index (χ4v) is 3.02. The summed E-state index contributed by atoms with van der Waals surface area (Å²) in [6.45, 7) is 2.45. The summed E-state index contributed by atoms with van der Waals surface area (Å²) in [7, 11) is -3.37. The summed E-state index contributed by atoms with van der Waals surface area (Å²) in [5.41, 5.74) is 2.53. The smallest absolute Gasteiger partial charge is 0.229 e. The minimum atomic E-state index is -3.37. The Hall–Kier alpha value is -1.53. The predicted octanol–water partition coefficient (Wildman–Crippen LogP) is 4.14. The van der Waals surface area contributed by atoms with Crippen molar-refractivity contribution >= 4 is 31.6 Å². The third-order valence-corrected chi connectivity index (χ3v) is 4.90. The highest BCUT2D eigenvalue weighted by Crippen LogP contribution is 2.31. The van der Waals surface area contributed by atoms with E-state index in [0.717, 1.165) is 22.7 Å². The van der Waals surface area contributed by atoms with Gasteiger partial charge in [0, 0.05) is 5.33 Å². The van der Waals surface area contributed by atoms with Crippen LogP contribution in [0.25, 0.3) is 0 Å². The van der Waals surface area contributed by atoms with Gasteiger partial charge in [0.1, 0.15) is 12.4 Å². The van der Waals surface area contributed by atoms with Crippen LogP contribution < -0.4 is 9.46 Å². The number of hydrogen-bond donors (Lipinski definition) is 1. The molecular formula is C17H20BrNO3S. The molecule has 0 spiro atoms. The molecule has 0 aliphatic rings. The van der Waals surface area contributed by atoms with E-state index in [1.807, 2.05) is 48.5 Å². The lowest BCUT2D eigenvalue weighted by atomic mass is 10.0. The molecule has 1 atom stereocenters. The Morgan fingerprint density at radius 2 is 1.87 bits per heavy atom. The van der Waals surface area contributed by atoms with Crippen LogP contribution in [0.15, 0.2) is 48.5 Å². The summed E-state index contributed by atoms with van der Waals surface area (Å²) >= 11 is 3.45. The van der Waals surface area contributed by atoms with E-state index < -0.39 is 10.0 Å². The van der Waals surface area contributed by atoms with Crippen molar-refractivity contribution in [2.24, 2.45) is 0 Å². The Morgan fingerprint density at radius 3 is 2.48 bits per heavy atom. The van der Waals surface area contributed by atoms with Crippen LogP contribution in [0.2, 0.25) is 0 Å². The zero-order valence-corrected chi connectivity index (χ0v) is 15.5. The van der Waals surface area contributed by atoms with Gasteiger partial charge in [0.05, 0.1) is 11.9 Å². The molecule has 124 valence electrons. The molecule has 0 radical (unpaired) electrons. The lowest BCUT2D eigenvalue weighted by molar-refractivity contribution is 0.308. The summed E-state index contributed by atoms with van der Waals surface area (Å²) < 4.78 is 31.5. The van der Waals surface area contributed by atoms with Gasteiger partial charge in [0.25, 0.3) is 0 Å². The fraction of sp³-hybridized carbons (Fsp3) is 0.294. The standard InChI is InChI=1S/C17H20BrNO3S/c1-13(11-18)15-8-9-17(16(10-15)19-23(2,20)21)22-12-14-6-4-3-5-7-14/h3-10,13,19H,11-12H2,1-2H3/t13-/m0/s1. The molecule has 0 saturated carbocycles. The Morgan fingerprint density at radius 1 is 1.17 bits per heavy atom. The highest BCUT2D eigenvalue weighted by atomic mass is 79.9. The topological polar surface area (TPSA) is 55.4 Å². The normalized spacial score (nSPS) is 12.7. The van der Waals surface area contributed by atoms with E-state index >= 15 is 0 Å². The Bertz CT molecular complexity index is 748. The van der Waals surface area contributed by atoms with E-state index in [9.17, 15) is 8.42 Å². The van der Waals surface area contributed by atoms with Crippen LogP contribution >= 0.6 is 15.9 Å². The highest BCUT2D eigenvalue weighted by Gasteiger charge is 2.13. The van der Waals surface area contributed by atoms with E-state index in [4.69, 9.17) is 4.74 Å². The number of ether oxygens (including phenoxy) is 1. The molecular weight excluding hydrogens is 378 g/mol. The average Bonchev–Trinajstić information content (AvgIpc) is 2.52. The van der Waals surface area contributed by atoms with Gasteiger partial charge in [-0.05, 0) is 29.2 Å². The van der Waals surface area contributed by atoms with Gasteiger partial charge in [0.15, 0.2) is 0 Å². The number of anilines is 1. The fourth-order valence-electron chi connectivity index (χ4n) is 2.08. The molecule has 0 unspecified atom stereocenters. The molecule has 2 aromatic rings. The molecule has 4 nitrogen and oxygen atoms in total. The Labute approximate surface area is 146 Å². The highest BCUT2D eigenvalue weighted by molar-refractivity contribution is 9.09. The molecule has 0 fully saturated rings. The van der Waals surface area contributed by atoms with Gasteiger partial charge < -0.3 is 4.74 Å². The Kier molecular flexibility index (Phi) is 6.07. The second-order valence-corrected chi connectivity index (χ2v) is 7.86. The molecule has 2 aromatic carbocycles. The number of hydrogen-bond acceptors (Lipinski definition) is 3. The summed E-state index contributed by atoms with van der Waals surface area (Å²) in [5, 5.41) is 0.801. The van der Waals surface area contributed by atoms with Crippen molar-refractivity contribution in [3.8, 4) is 5.75 Å². The maximum Gasteiger partial charge on any atom is 0.229 e. The summed E-state index contributed by atoms with van der Waals surface area (Å²) in [5.74, 6) is 0.795. The second kappa shape index (κ2) is 7.84. The zero-order chi connectivity index (χ0) is 16.9. The quantitative estimate of drug-likeness (QED) is 0.714. The first-order valence-electron chi connectivity index (χ1n) is 7.23. The first kappa shape index (κ1) is 17.8. The van der Waals surface area contributed by atoms with Crippen molar-refractivity contribution in [3.05, 3.63) is 59.7 Å². The zero-order valence-electron chi connectivity index (χ0n) is 13.1. The molecule has 0 saturated heterocycles. The van der Waals surface area contributed by atoms with E-state index in [0.29, 0.717) is 18.0 Å². The van der Waals surface area contributed by atoms with Gasteiger partial charge in [0.2, 0.25) is 10.0 Å². The minimum absolute atomic E-state index is 0.276. The summed E-state index contributed by atoms with van der Waals surface area (Å²) in [6, 6.07) is 15.3. The van der Waals surface area contributed by atoms with Crippen molar-refractivity contribution in [3.63, 3.8) is 0 Å². The largest absolute Gasteiger partial charge is 0.487 e. The molecule has 0 aromatic heterocycles. The van der Waals surface area contributed by atoms with Gasteiger partial charge in [-0.2, -0.15) is 0 Å². The molecule has 6 heteroatoms. The van der Waals surface area contributed by atoms with Crippen LogP contribution in [0.5, 0.6) is 5.75 Å². The van der Waals surface area contributed by atoms with E-state index in [1.165, 1.54) is 0 Å². The summed E-state index contributed by atoms with van der Waals surface area (Å²) in [6.07, 6.45) is 1.13. The molecule has 2 rings (SSSR count). The van der Waals surface area contributed by atoms with Crippen molar-refractivity contribution in [1.82, 2.24) is 0 Å². The van der Waals surface area contributed by atoms with Gasteiger partial charge >= 0.3 is 0 Å².